The molecule has 0 saturated heterocycles. The van der Waals surface area contributed by atoms with E-state index in [2.05, 4.69) is 18.7 Å². The number of aliphatic carboxylic acids is 1. The van der Waals surface area contributed by atoms with Gasteiger partial charge in [-0.15, -0.1) is 0 Å². The van der Waals surface area contributed by atoms with Gasteiger partial charge in [-0.25, -0.2) is 0 Å². The summed E-state index contributed by atoms with van der Waals surface area (Å²) < 4.78 is 0. The minimum absolute atomic E-state index is 0.252. The lowest BCUT2D eigenvalue weighted by Crippen LogP contribution is -2.25. The van der Waals surface area contributed by atoms with Crippen molar-refractivity contribution in [2.24, 2.45) is 0 Å². The topological polar surface area (TPSA) is 40.5 Å². The van der Waals surface area contributed by atoms with Crippen molar-refractivity contribution >= 4 is 5.97 Å². The maximum Gasteiger partial charge on any atom is 0.304 e. The molecule has 0 aromatic rings. The second kappa shape index (κ2) is 11.4. The van der Waals surface area contributed by atoms with Gasteiger partial charge in [-0.05, 0) is 13.1 Å². The van der Waals surface area contributed by atoms with E-state index in [0.717, 1.165) is 13.1 Å². The minimum atomic E-state index is -0.716. The number of carboxylic acids is 1. The Morgan fingerprint density at radius 3 is 1.77 bits per heavy atom. The Morgan fingerprint density at radius 2 is 1.54 bits per heavy atom. The highest BCUT2D eigenvalue weighted by Crippen LogP contribution is 1.89. The largest absolute Gasteiger partial charge is 0.481 e. The lowest BCUT2D eigenvalue weighted by Gasteiger charge is -2.15. The van der Waals surface area contributed by atoms with Crippen LogP contribution in [0, 0.1) is 0 Å². The Hall–Kier alpha value is -0.570. The second-order valence-corrected chi connectivity index (χ2v) is 2.88. The van der Waals surface area contributed by atoms with Gasteiger partial charge in [0.25, 0.3) is 0 Å². The van der Waals surface area contributed by atoms with Crippen LogP contribution >= 0.6 is 0 Å². The van der Waals surface area contributed by atoms with Gasteiger partial charge in [-0.1, -0.05) is 34.1 Å². The molecule has 0 heterocycles. The molecule has 0 aromatic heterocycles. The van der Waals surface area contributed by atoms with Crippen LogP contribution in [0.2, 0.25) is 0 Å². The highest BCUT2D eigenvalue weighted by molar-refractivity contribution is 5.66. The molecule has 0 saturated carbocycles. The average molecular weight is 189 g/mol. The third-order valence-electron chi connectivity index (χ3n) is 1.54. The van der Waals surface area contributed by atoms with Crippen molar-refractivity contribution < 1.29 is 9.90 Å². The van der Waals surface area contributed by atoms with Crippen LogP contribution in [0.5, 0.6) is 0 Å². The molecule has 0 amide bonds. The molecule has 0 aliphatic rings. The fourth-order valence-corrected chi connectivity index (χ4v) is 0.794. The normalized spacial score (nSPS) is 9.31. The molecule has 0 aromatic carbocycles. The van der Waals surface area contributed by atoms with Crippen molar-refractivity contribution in [2.75, 3.05) is 19.6 Å². The summed E-state index contributed by atoms with van der Waals surface area (Å²) in [6.45, 7) is 10.9. The summed E-state index contributed by atoms with van der Waals surface area (Å²) in [5, 5.41) is 8.33. The van der Waals surface area contributed by atoms with E-state index < -0.39 is 5.97 Å². The van der Waals surface area contributed by atoms with Gasteiger partial charge in [0.05, 0.1) is 6.42 Å². The number of rotatable bonds is 5. The predicted octanol–water partition coefficient (Wildman–Crippen LogP) is 2.22. The van der Waals surface area contributed by atoms with Gasteiger partial charge in [0, 0.05) is 6.54 Å². The zero-order chi connectivity index (χ0) is 10.7. The molecule has 0 radical (unpaired) electrons. The Morgan fingerprint density at radius 1 is 1.15 bits per heavy atom. The Bertz CT molecular complexity index is 111. The van der Waals surface area contributed by atoms with E-state index in [0.29, 0.717) is 6.54 Å². The molecule has 0 unspecified atom stereocenters. The van der Waals surface area contributed by atoms with Crippen molar-refractivity contribution in [1.82, 2.24) is 4.90 Å². The van der Waals surface area contributed by atoms with Crippen LogP contribution in [0.3, 0.4) is 0 Å². The first-order valence-corrected chi connectivity index (χ1v) is 5.06. The van der Waals surface area contributed by atoms with Crippen LogP contribution in [0.1, 0.15) is 40.5 Å². The first-order valence-electron chi connectivity index (χ1n) is 5.06. The predicted molar refractivity (Wildman–Crippen MR) is 56.0 cm³/mol. The average Bonchev–Trinajstić information content (AvgIpc) is 2.07. The summed E-state index contributed by atoms with van der Waals surface area (Å²) in [4.78, 5) is 12.2. The fraction of sp³-hybridized carbons (Fsp3) is 0.900. The van der Waals surface area contributed by atoms with Crippen LogP contribution in [0.25, 0.3) is 0 Å². The van der Waals surface area contributed by atoms with Crippen LogP contribution < -0.4 is 0 Å². The first-order chi connectivity index (χ1) is 6.12. The Balaban J connectivity index is 0. The van der Waals surface area contributed by atoms with E-state index in [-0.39, 0.29) is 6.42 Å². The van der Waals surface area contributed by atoms with Crippen molar-refractivity contribution in [2.45, 2.75) is 40.5 Å². The lowest BCUT2D eigenvalue weighted by molar-refractivity contribution is -0.137. The minimum Gasteiger partial charge on any atom is -0.481 e. The smallest absolute Gasteiger partial charge is 0.304 e. The van der Waals surface area contributed by atoms with Gasteiger partial charge in [0.2, 0.25) is 0 Å². The third kappa shape index (κ3) is 14.3. The molecule has 80 valence electrons. The van der Waals surface area contributed by atoms with E-state index in [1.165, 1.54) is 6.42 Å². The third-order valence-corrected chi connectivity index (χ3v) is 1.54. The van der Waals surface area contributed by atoms with Crippen LogP contribution in [0.15, 0.2) is 0 Å². The van der Waals surface area contributed by atoms with Gasteiger partial charge in [-0.3, -0.25) is 4.79 Å². The molecule has 0 spiro atoms. The molecule has 13 heavy (non-hydrogen) atoms. The standard InChI is InChI=1S/C7H15NO2.C3H8/c1-3-8(4-2)6-5-7(9)10;1-3-2/h3-6H2,1-2H3,(H,9,10);3H2,1-2H3. The Labute approximate surface area is 81.7 Å². The van der Waals surface area contributed by atoms with Gasteiger partial charge in [0.1, 0.15) is 0 Å². The van der Waals surface area contributed by atoms with Crippen molar-refractivity contribution in [3.05, 3.63) is 0 Å². The van der Waals surface area contributed by atoms with E-state index in [4.69, 9.17) is 5.11 Å². The highest BCUT2D eigenvalue weighted by atomic mass is 16.4. The van der Waals surface area contributed by atoms with E-state index in [1.54, 1.807) is 0 Å². The van der Waals surface area contributed by atoms with Crippen molar-refractivity contribution in [3.63, 3.8) is 0 Å². The summed E-state index contributed by atoms with van der Waals surface area (Å²) in [6.07, 6.45) is 1.50. The number of carboxylic acid groups (broad SMARTS) is 1. The van der Waals surface area contributed by atoms with Crippen LogP contribution in [-0.4, -0.2) is 35.6 Å². The second-order valence-electron chi connectivity index (χ2n) is 2.88. The SMILES string of the molecule is CCC.CCN(CC)CCC(=O)O. The summed E-state index contributed by atoms with van der Waals surface area (Å²) in [7, 11) is 0. The molecule has 1 N–H and O–H groups in total. The quantitative estimate of drug-likeness (QED) is 0.721. The molecule has 3 heteroatoms. The van der Waals surface area contributed by atoms with E-state index >= 15 is 0 Å². The van der Waals surface area contributed by atoms with Gasteiger partial charge in [0.15, 0.2) is 0 Å². The fourth-order valence-electron chi connectivity index (χ4n) is 0.794. The Kier molecular flexibility index (Phi) is 13.1. The summed E-state index contributed by atoms with van der Waals surface area (Å²) >= 11 is 0. The molecular weight excluding hydrogens is 166 g/mol. The maximum absolute atomic E-state index is 10.1. The van der Waals surface area contributed by atoms with E-state index in [1.807, 2.05) is 13.8 Å². The number of carbonyl (C=O) groups is 1. The van der Waals surface area contributed by atoms with Gasteiger partial charge < -0.3 is 10.0 Å². The van der Waals surface area contributed by atoms with Gasteiger partial charge in [-0.2, -0.15) is 0 Å². The van der Waals surface area contributed by atoms with Gasteiger partial charge >= 0.3 is 5.97 Å². The van der Waals surface area contributed by atoms with Crippen LogP contribution in [-0.2, 0) is 4.79 Å². The molecular formula is C10H23NO2. The molecule has 0 rings (SSSR count). The lowest BCUT2D eigenvalue weighted by atomic mass is 10.4. The molecule has 0 atom stereocenters. The number of hydrogen-bond donors (Lipinski definition) is 1. The molecule has 0 bridgehead atoms. The number of hydrogen-bond acceptors (Lipinski definition) is 2. The molecule has 0 aliphatic heterocycles. The summed E-state index contributed by atoms with van der Waals surface area (Å²) in [5.74, 6) is -0.716. The monoisotopic (exact) mass is 189 g/mol. The number of nitrogens with zero attached hydrogens (tertiary/aromatic N) is 1. The van der Waals surface area contributed by atoms with E-state index in [9.17, 15) is 4.79 Å². The zero-order valence-corrected chi connectivity index (χ0v) is 9.34. The van der Waals surface area contributed by atoms with Crippen LogP contribution in [0.4, 0.5) is 0 Å². The maximum atomic E-state index is 10.1. The molecule has 0 fully saturated rings. The van der Waals surface area contributed by atoms with Crippen molar-refractivity contribution in [3.8, 4) is 0 Å². The summed E-state index contributed by atoms with van der Waals surface area (Å²) in [6, 6.07) is 0. The molecule has 0 aliphatic carbocycles. The summed E-state index contributed by atoms with van der Waals surface area (Å²) in [5.41, 5.74) is 0. The molecule has 3 nitrogen and oxygen atoms in total. The zero-order valence-electron chi connectivity index (χ0n) is 9.34. The highest BCUT2D eigenvalue weighted by Gasteiger charge is 2.01. The first kappa shape index (κ1) is 14.9. The van der Waals surface area contributed by atoms with Crippen molar-refractivity contribution in [1.29, 1.82) is 0 Å².